The van der Waals surface area contributed by atoms with Crippen molar-refractivity contribution in [3.8, 4) is 0 Å². The molecule has 0 saturated heterocycles. The monoisotopic (exact) mass is 297 g/mol. The number of H-pyrrole nitrogens is 1. The van der Waals surface area contributed by atoms with Gasteiger partial charge in [0.05, 0.1) is 17.7 Å². The van der Waals surface area contributed by atoms with E-state index in [1.165, 1.54) is 11.8 Å². The van der Waals surface area contributed by atoms with Gasteiger partial charge in [-0.1, -0.05) is 12.8 Å². The summed E-state index contributed by atoms with van der Waals surface area (Å²) in [6, 6.07) is -0.225. The molecule has 2 atom stereocenters. The number of nitrogens with one attached hydrogen (secondary N) is 2. The van der Waals surface area contributed by atoms with Gasteiger partial charge < -0.3 is 15.4 Å². The lowest BCUT2D eigenvalue weighted by Gasteiger charge is -2.28. The molecule has 0 aromatic carbocycles. The Morgan fingerprint density at radius 1 is 1.45 bits per heavy atom. The van der Waals surface area contributed by atoms with Crippen molar-refractivity contribution in [1.29, 1.82) is 0 Å². The number of aryl methyl sites for hydroxylation is 1. The fraction of sp³-hybridized carbons (Fsp3) is 0.615. The first kappa shape index (κ1) is 15.1. The zero-order valence-corrected chi connectivity index (χ0v) is 12.4. The Bertz CT molecular complexity index is 558. The molecule has 1 fully saturated rings. The maximum Gasteiger partial charge on any atom is 0.346 e. The third kappa shape index (κ3) is 3.21. The summed E-state index contributed by atoms with van der Waals surface area (Å²) in [7, 11) is 0. The van der Waals surface area contributed by atoms with E-state index in [1.54, 1.807) is 13.2 Å². The van der Waals surface area contributed by atoms with Gasteiger partial charge in [0.2, 0.25) is 0 Å². The van der Waals surface area contributed by atoms with Gasteiger partial charge in [-0.25, -0.2) is 4.79 Å². The molecule has 1 amide bonds. The highest BCUT2D eigenvalue weighted by Gasteiger charge is 2.26. The molecule has 2 rings (SSSR count). The average molecular weight is 297 g/mol. The van der Waals surface area contributed by atoms with Crippen molar-refractivity contribution < 1.29 is 9.90 Å². The molecule has 1 aliphatic rings. The summed E-state index contributed by atoms with van der Waals surface area (Å²) in [5, 5.41) is 13.2. The quantitative estimate of drug-likeness (QED) is 0.567. The van der Waals surface area contributed by atoms with Crippen LogP contribution >= 0.6 is 11.8 Å². The Morgan fingerprint density at radius 3 is 2.80 bits per heavy atom. The number of carbonyl (C=O) groups excluding carboxylic acids is 1. The summed E-state index contributed by atoms with van der Waals surface area (Å²) in [4.78, 5) is 30.1. The summed E-state index contributed by atoms with van der Waals surface area (Å²) in [6.45, 7) is 1.68. The van der Waals surface area contributed by atoms with Crippen molar-refractivity contribution in [2.75, 3.05) is 6.26 Å². The first-order chi connectivity index (χ1) is 9.52. The number of amides is 1. The summed E-state index contributed by atoms with van der Waals surface area (Å²) < 4.78 is 0. The van der Waals surface area contributed by atoms with E-state index in [-0.39, 0.29) is 11.9 Å². The molecule has 1 saturated carbocycles. The normalized spacial score (nSPS) is 22.6. The van der Waals surface area contributed by atoms with Gasteiger partial charge >= 0.3 is 5.69 Å². The molecule has 1 heterocycles. The van der Waals surface area contributed by atoms with Crippen LogP contribution in [-0.4, -0.2) is 39.4 Å². The van der Waals surface area contributed by atoms with E-state index >= 15 is 0 Å². The number of nitrogens with zero attached hydrogens (tertiary/aromatic N) is 1. The summed E-state index contributed by atoms with van der Waals surface area (Å²) in [5.74, 6) is -0.290. The number of aromatic amines is 1. The van der Waals surface area contributed by atoms with Gasteiger partial charge in [-0.15, -0.1) is 11.8 Å². The van der Waals surface area contributed by atoms with Gasteiger partial charge in [-0.05, 0) is 26.0 Å². The minimum Gasteiger partial charge on any atom is -0.391 e. The van der Waals surface area contributed by atoms with Crippen LogP contribution in [0.5, 0.6) is 0 Å². The van der Waals surface area contributed by atoms with Crippen molar-refractivity contribution in [3.63, 3.8) is 0 Å². The second kappa shape index (κ2) is 6.41. The van der Waals surface area contributed by atoms with Crippen LogP contribution in [0, 0.1) is 6.92 Å². The molecule has 6 nitrogen and oxygen atoms in total. The first-order valence-electron chi connectivity index (χ1n) is 6.66. The number of hydrogen-bond donors (Lipinski definition) is 3. The molecule has 1 aliphatic carbocycles. The molecule has 20 heavy (non-hydrogen) atoms. The fourth-order valence-corrected chi connectivity index (χ4v) is 3.12. The summed E-state index contributed by atoms with van der Waals surface area (Å²) in [6.07, 6.45) is 4.75. The predicted octanol–water partition coefficient (Wildman–Crippen LogP) is 0.834. The van der Waals surface area contributed by atoms with E-state index in [4.69, 9.17) is 0 Å². The van der Waals surface area contributed by atoms with E-state index < -0.39 is 11.8 Å². The number of rotatable bonds is 3. The van der Waals surface area contributed by atoms with Crippen LogP contribution in [0.2, 0.25) is 0 Å². The van der Waals surface area contributed by atoms with E-state index in [2.05, 4.69) is 15.3 Å². The zero-order chi connectivity index (χ0) is 14.7. The number of thioether (sulfide) groups is 1. The molecule has 1 aromatic heterocycles. The van der Waals surface area contributed by atoms with Crippen molar-refractivity contribution in [2.45, 2.75) is 49.8 Å². The average Bonchev–Trinajstić information content (AvgIpc) is 2.40. The van der Waals surface area contributed by atoms with Crippen LogP contribution < -0.4 is 11.0 Å². The third-order valence-electron chi connectivity index (χ3n) is 3.55. The maximum atomic E-state index is 12.4. The van der Waals surface area contributed by atoms with Crippen molar-refractivity contribution in [2.24, 2.45) is 0 Å². The molecule has 1 aromatic rings. The number of aromatic nitrogens is 2. The lowest BCUT2D eigenvalue weighted by molar-refractivity contribution is 0.0713. The minimum atomic E-state index is -0.499. The third-order valence-corrected chi connectivity index (χ3v) is 4.23. The van der Waals surface area contributed by atoms with Crippen LogP contribution in [-0.2, 0) is 0 Å². The smallest absolute Gasteiger partial charge is 0.346 e. The molecule has 0 bridgehead atoms. The number of aliphatic hydroxyl groups is 1. The van der Waals surface area contributed by atoms with E-state index in [1.807, 2.05) is 0 Å². The van der Waals surface area contributed by atoms with Gasteiger partial charge in [-0.3, -0.25) is 4.79 Å². The second-order valence-electron chi connectivity index (χ2n) is 4.98. The maximum absolute atomic E-state index is 12.4. The van der Waals surface area contributed by atoms with E-state index in [0.29, 0.717) is 22.7 Å². The van der Waals surface area contributed by atoms with Crippen LogP contribution in [0.15, 0.2) is 9.82 Å². The topological polar surface area (TPSA) is 95.1 Å². The standard InChI is InChI=1S/C13H19N3O3S/c1-7-10(12(20-2)16-13(19)14-7)11(18)15-8-5-3-4-6-9(8)17/h8-9,17H,3-6H2,1-2H3,(H,15,18)(H,14,16,19)/t8-,9-/m0/s1. The van der Waals surface area contributed by atoms with Gasteiger partial charge in [0.1, 0.15) is 5.03 Å². The second-order valence-corrected chi connectivity index (χ2v) is 5.78. The molecular weight excluding hydrogens is 278 g/mol. The Labute approximate surface area is 121 Å². The van der Waals surface area contributed by atoms with Gasteiger partial charge in [0.15, 0.2) is 0 Å². The van der Waals surface area contributed by atoms with Crippen molar-refractivity contribution in [3.05, 3.63) is 21.7 Å². The Hall–Kier alpha value is -1.34. The van der Waals surface area contributed by atoms with Crippen LogP contribution in [0.4, 0.5) is 0 Å². The van der Waals surface area contributed by atoms with Crippen LogP contribution in [0.25, 0.3) is 0 Å². The highest BCUT2D eigenvalue weighted by Crippen LogP contribution is 2.21. The van der Waals surface area contributed by atoms with Crippen molar-refractivity contribution in [1.82, 2.24) is 15.3 Å². The molecule has 7 heteroatoms. The van der Waals surface area contributed by atoms with Crippen LogP contribution in [0.3, 0.4) is 0 Å². The largest absolute Gasteiger partial charge is 0.391 e. The lowest BCUT2D eigenvalue weighted by atomic mass is 9.92. The van der Waals surface area contributed by atoms with Gasteiger partial charge in [0, 0.05) is 5.69 Å². The van der Waals surface area contributed by atoms with Crippen LogP contribution in [0.1, 0.15) is 41.7 Å². The number of aliphatic hydroxyl groups excluding tert-OH is 1. The van der Waals surface area contributed by atoms with E-state index in [0.717, 1.165) is 19.3 Å². The predicted molar refractivity (Wildman–Crippen MR) is 77.1 cm³/mol. The molecule has 0 spiro atoms. The molecule has 0 unspecified atom stereocenters. The lowest BCUT2D eigenvalue weighted by Crippen LogP contribution is -2.45. The summed E-state index contributed by atoms with van der Waals surface area (Å²) >= 11 is 1.26. The molecule has 110 valence electrons. The molecule has 3 N–H and O–H groups in total. The fourth-order valence-electron chi connectivity index (χ4n) is 2.49. The highest BCUT2D eigenvalue weighted by atomic mass is 32.2. The molecule has 0 aliphatic heterocycles. The molecule has 0 radical (unpaired) electrons. The highest BCUT2D eigenvalue weighted by molar-refractivity contribution is 7.98. The SMILES string of the molecule is CSc1nc(=O)[nH]c(C)c1C(=O)N[C@H]1CCCC[C@@H]1O. The van der Waals surface area contributed by atoms with Gasteiger partial charge in [0.25, 0.3) is 5.91 Å². The Balaban J connectivity index is 2.22. The van der Waals surface area contributed by atoms with Gasteiger partial charge in [-0.2, -0.15) is 4.98 Å². The number of hydrogen-bond acceptors (Lipinski definition) is 5. The Morgan fingerprint density at radius 2 is 2.15 bits per heavy atom. The van der Waals surface area contributed by atoms with Crippen molar-refractivity contribution >= 4 is 17.7 Å². The Kier molecular flexibility index (Phi) is 4.82. The minimum absolute atomic E-state index is 0.225. The number of carbonyl (C=O) groups is 1. The summed E-state index contributed by atoms with van der Waals surface area (Å²) in [5.41, 5.74) is 0.424. The zero-order valence-electron chi connectivity index (χ0n) is 11.6. The van der Waals surface area contributed by atoms with E-state index in [9.17, 15) is 14.7 Å². The molecular formula is C13H19N3O3S. The first-order valence-corrected chi connectivity index (χ1v) is 7.89.